The van der Waals surface area contributed by atoms with Gasteiger partial charge in [-0.2, -0.15) is 0 Å². The lowest BCUT2D eigenvalue weighted by Gasteiger charge is -2.09. The van der Waals surface area contributed by atoms with Crippen molar-refractivity contribution < 1.29 is 0 Å². The van der Waals surface area contributed by atoms with E-state index >= 15 is 0 Å². The molecule has 0 fully saturated rings. The Morgan fingerprint density at radius 1 is 0.714 bits per heavy atom. The number of rotatable bonds is 3. The summed E-state index contributed by atoms with van der Waals surface area (Å²) in [4.78, 5) is 0. The Hall–Kier alpha value is -2.74. The molecule has 0 saturated carbocycles. The maximum absolute atomic E-state index is 5.84. The smallest absolute Gasteiger partial charge is 0.0388 e. The molecule has 0 aromatic heterocycles. The summed E-state index contributed by atoms with van der Waals surface area (Å²) in [6.45, 7) is 2.01. The number of aryl methyl sites for hydroxylation is 1. The lowest BCUT2D eigenvalue weighted by atomic mass is 10.1. The molecule has 0 amide bonds. The fourth-order valence-corrected chi connectivity index (χ4v) is 2.30. The molecule has 3 N–H and O–H groups in total. The van der Waals surface area contributed by atoms with Gasteiger partial charge in [-0.25, -0.2) is 0 Å². The van der Waals surface area contributed by atoms with Gasteiger partial charge in [-0.15, -0.1) is 0 Å². The molecule has 0 aliphatic carbocycles. The second-order valence-corrected chi connectivity index (χ2v) is 5.14. The topological polar surface area (TPSA) is 38.0 Å². The number of anilines is 3. The van der Waals surface area contributed by atoms with Crippen molar-refractivity contribution in [3.8, 4) is 11.1 Å². The first kappa shape index (κ1) is 13.3. The van der Waals surface area contributed by atoms with Crippen molar-refractivity contribution in [1.29, 1.82) is 0 Å². The molecule has 2 nitrogen and oxygen atoms in total. The van der Waals surface area contributed by atoms with Gasteiger partial charge in [0.05, 0.1) is 0 Å². The van der Waals surface area contributed by atoms with Gasteiger partial charge in [0.2, 0.25) is 0 Å². The van der Waals surface area contributed by atoms with Crippen LogP contribution in [-0.4, -0.2) is 0 Å². The Balaban J connectivity index is 1.80. The minimum Gasteiger partial charge on any atom is -0.399 e. The number of hydrogen-bond acceptors (Lipinski definition) is 2. The highest BCUT2D eigenvalue weighted by atomic mass is 14.9. The van der Waals surface area contributed by atoms with E-state index in [1.807, 2.05) is 25.1 Å². The van der Waals surface area contributed by atoms with E-state index in [4.69, 9.17) is 5.73 Å². The van der Waals surface area contributed by atoms with Gasteiger partial charge in [-0.3, -0.25) is 0 Å². The highest BCUT2D eigenvalue weighted by Crippen LogP contribution is 2.24. The Morgan fingerprint density at radius 3 is 2.00 bits per heavy atom. The normalized spacial score (nSPS) is 10.3. The molecule has 0 aliphatic heterocycles. The van der Waals surface area contributed by atoms with E-state index < -0.39 is 0 Å². The number of nitrogen functional groups attached to an aromatic ring is 1. The Kier molecular flexibility index (Phi) is 3.61. The third kappa shape index (κ3) is 3.06. The average molecular weight is 274 g/mol. The second kappa shape index (κ2) is 5.71. The van der Waals surface area contributed by atoms with Crippen LogP contribution in [0.15, 0.2) is 72.8 Å². The molecule has 0 saturated heterocycles. The van der Waals surface area contributed by atoms with Crippen LogP contribution < -0.4 is 11.1 Å². The standard InChI is InChI=1S/C19H18N2/c1-14-13-18(11-12-19(14)20)21-17-9-7-16(8-10-17)15-5-3-2-4-6-15/h2-13,21H,20H2,1H3. The molecular formula is C19H18N2. The van der Waals surface area contributed by atoms with Gasteiger partial charge in [0, 0.05) is 17.1 Å². The molecule has 0 aliphatic rings. The number of nitrogens with two attached hydrogens (primary N) is 1. The predicted octanol–water partition coefficient (Wildman–Crippen LogP) is 4.99. The van der Waals surface area contributed by atoms with Crippen molar-refractivity contribution in [2.24, 2.45) is 0 Å². The van der Waals surface area contributed by atoms with Crippen molar-refractivity contribution >= 4 is 17.1 Å². The van der Waals surface area contributed by atoms with Crippen molar-refractivity contribution in [2.45, 2.75) is 6.92 Å². The van der Waals surface area contributed by atoms with Crippen LogP contribution in [0.2, 0.25) is 0 Å². The molecule has 0 heterocycles. The van der Waals surface area contributed by atoms with Crippen LogP contribution in [0.5, 0.6) is 0 Å². The predicted molar refractivity (Wildman–Crippen MR) is 90.8 cm³/mol. The first-order chi connectivity index (χ1) is 10.2. The highest BCUT2D eigenvalue weighted by molar-refractivity contribution is 5.69. The molecule has 21 heavy (non-hydrogen) atoms. The fourth-order valence-electron chi connectivity index (χ4n) is 2.30. The summed E-state index contributed by atoms with van der Waals surface area (Å²) >= 11 is 0. The van der Waals surface area contributed by atoms with Crippen molar-refractivity contribution in [1.82, 2.24) is 0 Å². The largest absolute Gasteiger partial charge is 0.399 e. The average Bonchev–Trinajstić information content (AvgIpc) is 2.53. The minimum atomic E-state index is 0.819. The van der Waals surface area contributed by atoms with Crippen molar-refractivity contribution in [2.75, 3.05) is 11.1 Å². The van der Waals surface area contributed by atoms with Crippen LogP contribution in [0.25, 0.3) is 11.1 Å². The zero-order valence-electron chi connectivity index (χ0n) is 12.0. The van der Waals surface area contributed by atoms with Crippen LogP contribution in [0.4, 0.5) is 17.1 Å². The molecule has 3 aromatic carbocycles. The molecule has 104 valence electrons. The summed E-state index contributed by atoms with van der Waals surface area (Å²) in [5.41, 5.74) is 12.3. The maximum Gasteiger partial charge on any atom is 0.0388 e. The molecule has 3 aromatic rings. The Morgan fingerprint density at radius 2 is 1.33 bits per heavy atom. The van der Waals surface area contributed by atoms with Crippen LogP contribution >= 0.6 is 0 Å². The third-order valence-corrected chi connectivity index (χ3v) is 3.55. The van der Waals surface area contributed by atoms with E-state index in [9.17, 15) is 0 Å². The molecule has 0 spiro atoms. The maximum atomic E-state index is 5.84. The summed E-state index contributed by atoms with van der Waals surface area (Å²) in [5, 5.41) is 3.40. The molecule has 0 unspecified atom stereocenters. The zero-order chi connectivity index (χ0) is 14.7. The summed E-state index contributed by atoms with van der Waals surface area (Å²) in [7, 11) is 0. The van der Waals surface area contributed by atoms with Gasteiger partial charge in [0.15, 0.2) is 0 Å². The van der Waals surface area contributed by atoms with Crippen molar-refractivity contribution in [3.05, 3.63) is 78.4 Å². The minimum absolute atomic E-state index is 0.819. The van der Waals surface area contributed by atoms with Gasteiger partial charge in [0.25, 0.3) is 0 Å². The third-order valence-electron chi connectivity index (χ3n) is 3.55. The van der Waals surface area contributed by atoms with E-state index in [0.717, 1.165) is 22.6 Å². The van der Waals surface area contributed by atoms with Gasteiger partial charge in [0.1, 0.15) is 0 Å². The Bertz CT molecular complexity index is 731. The summed E-state index contributed by atoms with van der Waals surface area (Å²) in [6.07, 6.45) is 0. The SMILES string of the molecule is Cc1cc(Nc2ccc(-c3ccccc3)cc2)ccc1N. The molecule has 2 heteroatoms. The van der Waals surface area contributed by atoms with E-state index in [-0.39, 0.29) is 0 Å². The Labute approximate surface area is 125 Å². The van der Waals surface area contributed by atoms with E-state index in [1.165, 1.54) is 11.1 Å². The first-order valence-electron chi connectivity index (χ1n) is 7.01. The van der Waals surface area contributed by atoms with E-state index in [2.05, 4.69) is 59.9 Å². The number of hydrogen-bond donors (Lipinski definition) is 2. The molecule has 0 radical (unpaired) electrons. The highest BCUT2D eigenvalue weighted by Gasteiger charge is 2.00. The van der Waals surface area contributed by atoms with Crippen LogP contribution in [0.3, 0.4) is 0 Å². The molecule has 0 bridgehead atoms. The molecular weight excluding hydrogens is 256 g/mol. The van der Waals surface area contributed by atoms with Crippen LogP contribution in [-0.2, 0) is 0 Å². The van der Waals surface area contributed by atoms with Crippen molar-refractivity contribution in [3.63, 3.8) is 0 Å². The first-order valence-corrected chi connectivity index (χ1v) is 7.01. The van der Waals surface area contributed by atoms with E-state index in [1.54, 1.807) is 0 Å². The monoisotopic (exact) mass is 274 g/mol. The van der Waals surface area contributed by atoms with Gasteiger partial charge in [-0.1, -0.05) is 42.5 Å². The quantitative estimate of drug-likeness (QED) is 0.660. The summed E-state index contributed by atoms with van der Waals surface area (Å²) in [6, 6.07) is 24.8. The summed E-state index contributed by atoms with van der Waals surface area (Å²) < 4.78 is 0. The number of benzene rings is 3. The fraction of sp³-hybridized carbons (Fsp3) is 0.0526. The van der Waals surface area contributed by atoms with Crippen LogP contribution in [0.1, 0.15) is 5.56 Å². The van der Waals surface area contributed by atoms with E-state index in [0.29, 0.717) is 0 Å². The van der Waals surface area contributed by atoms with Crippen LogP contribution in [0, 0.1) is 6.92 Å². The molecule has 0 atom stereocenters. The van der Waals surface area contributed by atoms with Gasteiger partial charge >= 0.3 is 0 Å². The lowest BCUT2D eigenvalue weighted by molar-refractivity contribution is 1.45. The number of nitrogens with one attached hydrogen (secondary N) is 1. The molecule has 3 rings (SSSR count). The van der Waals surface area contributed by atoms with Gasteiger partial charge < -0.3 is 11.1 Å². The zero-order valence-corrected chi connectivity index (χ0v) is 12.0. The lowest BCUT2D eigenvalue weighted by Crippen LogP contribution is -1.94. The second-order valence-electron chi connectivity index (χ2n) is 5.14. The van der Waals surface area contributed by atoms with Gasteiger partial charge in [-0.05, 0) is 53.9 Å². The summed E-state index contributed by atoms with van der Waals surface area (Å²) in [5.74, 6) is 0.